The largest absolute Gasteiger partial charge is 0.504 e. The Labute approximate surface area is 66.8 Å². The summed E-state index contributed by atoms with van der Waals surface area (Å²) in [6, 6.07) is 3.18. The van der Waals surface area contributed by atoms with Crippen molar-refractivity contribution in [3.05, 3.63) is 16.6 Å². The van der Waals surface area contributed by atoms with Crippen LogP contribution in [-0.4, -0.2) is 5.11 Å². The zero-order valence-corrected chi connectivity index (χ0v) is 6.72. The SMILES string of the molecule is Nc1cc(Br)cc(N)c1O. The number of nitrogen functional groups attached to an aromatic ring is 2. The molecule has 1 aromatic carbocycles. The molecule has 10 heavy (non-hydrogen) atoms. The van der Waals surface area contributed by atoms with Gasteiger partial charge in [0.15, 0.2) is 5.75 Å². The number of halogens is 1. The summed E-state index contributed by atoms with van der Waals surface area (Å²) < 4.78 is 0.764. The molecular weight excluding hydrogens is 196 g/mol. The molecule has 0 amide bonds. The summed E-state index contributed by atoms with van der Waals surface area (Å²) >= 11 is 3.18. The van der Waals surface area contributed by atoms with Crippen molar-refractivity contribution in [1.82, 2.24) is 0 Å². The van der Waals surface area contributed by atoms with Crippen molar-refractivity contribution in [2.75, 3.05) is 11.5 Å². The van der Waals surface area contributed by atoms with Gasteiger partial charge in [0, 0.05) is 4.47 Å². The van der Waals surface area contributed by atoms with Gasteiger partial charge < -0.3 is 16.6 Å². The molecule has 0 unspecified atom stereocenters. The Bertz CT molecular complexity index is 239. The molecule has 1 aromatic rings. The van der Waals surface area contributed by atoms with Crippen molar-refractivity contribution in [1.29, 1.82) is 0 Å². The Hall–Kier alpha value is -0.900. The lowest BCUT2D eigenvalue weighted by Crippen LogP contribution is -1.91. The fourth-order valence-electron chi connectivity index (χ4n) is 0.642. The summed E-state index contributed by atoms with van der Waals surface area (Å²) in [6.45, 7) is 0. The third-order valence-corrected chi connectivity index (χ3v) is 1.59. The van der Waals surface area contributed by atoms with Gasteiger partial charge in [-0.2, -0.15) is 0 Å². The van der Waals surface area contributed by atoms with Crippen LogP contribution in [-0.2, 0) is 0 Å². The van der Waals surface area contributed by atoms with Gasteiger partial charge in [0.05, 0.1) is 11.4 Å². The van der Waals surface area contributed by atoms with E-state index in [1.807, 2.05) is 0 Å². The summed E-state index contributed by atoms with van der Waals surface area (Å²) in [5.74, 6) is -0.0526. The van der Waals surface area contributed by atoms with Crippen LogP contribution in [0.25, 0.3) is 0 Å². The Balaban J connectivity index is 3.31. The Morgan fingerprint density at radius 1 is 1.20 bits per heavy atom. The highest BCUT2D eigenvalue weighted by Gasteiger charge is 2.01. The highest BCUT2D eigenvalue weighted by molar-refractivity contribution is 9.10. The number of hydrogen-bond acceptors (Lipinski definition) is 3. The van der Waals surface area contributed by atoms with Crippen LogP contribution in [0.4, 0.5) is 11.4 Å². The second kappa shape index (κ2) is 2.38. The van der Waals surface area contributed by atoms with Crippen molar-refractivity contribution in [2.45, 2.75) is 0 Å². The molecule has 0 radical (unpaired) electrons. The molecule has 54 valence electrons. The monoisotopic (exact) mass is 202 g/mol. The molecule has 0 aliphatic rings. The van der Waals surface area contributed by atoms with Crippen LogP contribution in [0.5, 0.6) is 5.75 Å². The van der Waals surface area contributed by atoms with Gasteiger partial charge in [-0.3, -0.25) is 0 Å². The average molecular weight is 203 g/mol. The first-order valence-corrected chi connectivity index (χ1v) is 3.44. The summed E-state index contributed by atoms with van der Waals surface area (Å²) in [5, 5.41) is 9.06. The maximum Gasteiger partial charge on any atom is 0.161 e. The fourth-order valence-corrected chi connectivity index (χ4v) is 1.14. The third-order valence-electron chi connectivity index (χ3n) is 1.13. The van der Waals surface area contributed by atoms with Gasteiger partial charge in [0.1, 0.15) is 0 Å². The lowest BCUT2D eigenvalue weighted by molar-refractivity contribution is 0.480. The molecule has 3 nitrogen and oxygen atoms in total. The van der Waals surface area contributed by atoms with E-state index in [0.717, 1.165) is 4.47 Å². The Kier molecular flexibility index (Phi) is 1.72. The van der Waals surface area contributed by atoms with E-state index < -0.39 is 0 Å². The highest BCUT2D eigenvalue weighted by Crippen LogP contribution is 2.30. The third kappa shape index (κ3) is 1.16. The van der Waals surface area contributed by atoms with E-state index in [-0.39, 0.29) is 17.1 Å². The number of anilines is 2. The lowest BCUT2D eigenvalue weighted by Gasteiger charge is -2.01. The highest BCUT2D eigenvalue weighted by atomic mass is 79.9. The first kappa shape index (κ1) is 7.21. The maximum atomic E-state index is 9.06. The summed E-state index contributed by atoms with van der Waals surface area (Å²) in [4.78, 5) is 0. The van der Waals surface area contributed by atoms with Crippen LogP contribution in [0.2, 0.25) is 0 Å². The van der Waals surface area contributed by atoms with E-state index >= 15 is 0 Å². The minimum absolute atomic E-state index is 0.0526. The molecule has 0 aliphatic heterocycles. The molecule has 0 saturated carbocycles. The van der Waals surface area contributed by atoms with Crippen LogP contribution in [0.3, 0.4) is 0 Å². The Morgan fingerprint density at radius 3 is 2.00 bits per heavy atom. The number of rotatable bonds is 0. The van der Waals surface area contributed by atoms with E-state index in [2.05, 4.69) is 15.9 Å². The predicted molar refractivity (Wildman–Crippen MR) is 44.6 cm³/mol. The molecule has 0 heterocycles. The van der Waals surface area contributed by atoms with Gasteiger partial charge >= 0.3 is 0 Å². The van der Waals surface area contributed by atoms with Crippen molar-refractivity contribution in [3.63, 3.8) is 0 Å². The summed E-state index contributed by atoms with van der Waals surface area (Å²) in [7, 11) is 0. The molecule has 0 fully saturated rings. The number of phenolic OH excluding ortho intramolecular Hbond substituents is 1. The molecule has 1 rings (SSSR count). The molecule has 0 aliphatic carbocycles. The first-order valence-electron chi connectivity index (χ1n) is 2.64. The van der Waals surface area contributed by atoms with E-state index in [1.54, 1.807) is 12.1 Å². The van der Waals surface area contributed by atoms with Crippen molar-refractivity contribution in [2.24, 2.45) is 0 Å². The predicted octanol–water partition coefficient (Wildman–Crippen LogP) is 1.32. The molecule has 0 atom stereocenters. The molecule has 0 spiro atoms. The van der Waals surface area contributed by atoms with Crippen molar-refractivity contribution < 1.29 is 5.11 Å². The molecule has 0 aromatic heterocycles. The number of hydrogen-bond donors (Lipinski definition) is 3. The topological polar surface area (TPSA) is 72.3 Å². The standard InChI is InChI=1S/C6H7BrN2O/c7-3-1-4(8)6(10)5(9)2-3/h1-2,10H,8-9H2. The number of phenols is 1. The number of nitrogens with two attached hydrogens (primary N) is 2. The van der Waals surface area contributed by atoms with Crippen LogP contribution < -0.4 is 11.5 Å². The smallest absolute Gasteiger partial charge is 0.161 e. The second-order valence-electron chi connectivity index (χ2n) is 1.93. The Morgan fingerprint density at radius 2 is 1.60 bits per heavy atom. The maximum absolute atomic E-state index is 9.06. The first-order chi connectivity index (χ1) is 4.61. The van der Waals surface area contributed by atoms with Gasteiger partial charge in [-0.1, -0.05) is 15.9 Å². The summed E-state index contributed by atoms with van der Waals surface area (Å²) in [6.07, 6.45) is 0. The van der Waals surface area contributed by atoms with E-state index in [1.165, 1.54) is 0 Å². The van der Waals surface area contributed by atoms with Crippen LogP contribution in [0.15, 0.2) is 16.6 Å². The molecule has 5 N–H and O–H groups in total. The average Bonchev–Trinajstić information content (AvgIpc) is 1.82. The van der Waals surface area contributed by atoms with Crippen LogP contribution in [0, 0.1) is 0 Å². The van der Waals surface area contributed by atoms with E-state index in [4.69, 9.17) is 16.6 Å². The van der Waals surface area contributed by atoms with Gasteiger partial charge in [-0.15, -0.1) is 0 Å². The molecule has 0 bridgehead atoms. The molecule has 0 saturated heterocycles. The fraction of sp³-hybridized carbons (Fsp3) is 0. The van der Waals surface area contributed by atoms with E-state index in [0.29, 0.717) is 0 Å². The van der Waals surface area contributed by atoms with Crippen molar-refractivity contribution >= 4 is 27.3 Å². The number of aromatic hydroxyl groups is 1. The lowest BCUT2D eigenvalue weighted by atomic mass is 10.2. The molecule has 4 heteroatoms. The minimum atomic E-state index is -0.0526. The summed E-state index contributed by atoms with van der Waals surface area (Å²) in [5.41, 5.74) is 11.3. The van der Waals surface area contributed by atoms with Gasteiger partial charge in [-0.05, 0) is 12.1 Å². The zero-order chi connectivity index (χ0) is 7.72. The quantitative estimate of drug-likeness (QED) is 0.439. The zero-order valence-electron chi connectivity index (χ0n) is 5.13. The van der Waals surface area contributed by atoms with Gasteiger partial charge in [-0.25, -0.2) is 0 Å². The van der Waals surface area contributed by atoms with Crippen LogP contribution in [0.1, 0.15) is 0 Å². The van der Waals surface area contributed by atoms with Gasteiger partial charge in [0.25, 0.3) is 0 Å². The normalized spacial score (nSPS) is 9.70. The molecular formula is C6H7BrN2O. The van der Waals surface area contributed by atoms with Crippen LogP contribution >= 0.6 is 15.9 Å². The minimum Gasteiger partial charge on any atom is -0.504 e. The second-order valence-corrected chi connectivity index (χ2v) is 2.85. The van der Waals surface area contributed by atoms with Gasteiger partial charge in [0.2, 0.25) is 0 Å². The van der Waals surface area contributed by atoms with Crippen molar-refractivity contribution in [3.8, 4) is 5.75 Å². The van der Waals surface area contributed by atoms with E-state index in [9.17, 15) is 0 Å². The number of benzene rings is 1.